The predicted octanol–water partition coefficient (Wildman–Crippen LogP) is 4.69. The molecule has 0 aliphatic rings. The van der Waals surface area contributed by atoms with Gasteiger partial charge in [0.25, 0.3) is 5.91 Å². The number of hydrazone groups is 1. The topological polar surface area (TPSA) is 41.5 Å². The van der Waals surface area contributed by atoms with Gasteiger partial charge in [-0.1, -0.05) is 12.1 Å². The average Bonchev–Trinajstić information content (AvgIpc) is 3.18. The summed E-state index contributed by atoms with van der Waals surface area (Å²) in [5.74, 6) is -0.532. The lowest BCUT2D eigenvalue weighted by atomic mass is 10.2. The van der Waals surface area contributed by atoms with Gasteiger partial charge in [0.2, 0.25) is 0 Å². The lowest BCUT2D eigenvalue weighted by molar-refractivity contribution is 0.0959. The number of aryl methyl sites for hydroxylation is 1. The first-order chi connectivity index (χ1) is 11.1. The molecule has 2 heterocycles. The van der Waals surface area contributed by atoms with E-state index >= 15 is 0 Å². The third-order valence-electron chi connectivity index (χ3n) is 3.21. The molecule has 0 saturated carbocycles. The number of halogens is 1. The molecule has 0 unspecified atom stereocenters. The summed E-state index contributed by atoms with van der Waals surface area (Å²) in [4.78, 5) is 14.6. The van der Waals surface area contributed by atoms with Gasteiger partial charge >= 0.3 is 0 Å². The van der Waals surface area contributed by atoms with E-state index in [1.54, 1.807) is 35.8 Å². The quantitative estimate of drug-likeness (QED) is 0.541. The molecule has 3 nitrogen and oxygen atoms in total. The molecule has 0 aliphatic heterocycles. The average molecular weight is 344 g/mol. The van der Waals surface area contributed by atoms with Gasteiger partial charge in [-0.3, -0.25) is 4.79 Å². The van der Waals surface area contributed by atoms with Crippen molar-refractivity contribution in [3.63, 3.8) is 0 Å². The number of rotatable bonds is 4. The molecule has 116 valence electrons. The van der Waals surface area contributed by atoms with Crippen LogP contribution >= 0.6 is 22.7 Å². The fourth-order valence-corrected chi connectivity index (χ4v) is 3.64. The van der Waals surface area contributed by atoms with Gasteiger partial charge in [-0.25, -0.2) is 9.82 Å². The lowest BCUT2D eigenvalue weighted by Crippen LogP contribution is -2.16. The van der Waals surface area contributed by atoms with Gasteiger partial charge in [-0.2, -0.15) is 5.10 Å². The first kappa shape index (κ1) is 15.6. The number of carbonyl (C=O) groups is 1. The van der Waals surface area contributed by atoms with E-state index in [0.29, 0.717) is 4.88 Å². The van der Waals surface area contributed by atoms with Gasteiger partial charge < -0.3 is 0 Å². The Bertz CT molecular complexity index is 850. The number of amides is 1. The molecule has 0 radical (unpaired) electrons. The summed E-state index contributed by atoms with van der Waals surface area (Å²) in [5.41, 5.74) is 4.54. The molecule has 0 saturated heterocycles. The Morgan fingerprint density at radius 1 is 1.17 bits per heavy atom. The van der Waals surface area contributed by atoms with Crippen LogP contribution in [-0.2, 0) is 0 Å². The highest BCUT2D eigenvalue weighted by atomic mass is 32.1. The maximum Gasteiger partial charge on any atom is 0.281 e. The maximum atomic E-state index is 12.9. The molecule has 1 aromatic carbocycles. The molecule has 2 aromatic heterocycles. The molecule has 0 atom stereocenters. The molecule has 1 N–H and O–H groups in total. The molecule has 3 rings (SSSR count). The number of nitrogens with one attached hydrogen (secondary N) is 1. The van der Waals surface area contributed by atoms with E-state index in [9.17, 15) is 9.18 Å². The van der Waals surface area contributed by atoms with Crippen LogP contribution in [-0.4, -0.2) is 12.1 Å². The Kier molecular flexibility index (Phi) is 4.64. The molecule has 0 spiro atoms. The first-order valence-electron chi connectivity index (χ1n) is 6.87. The molecule has 3 aromatic rings. The molecular formula is C17H13FN2OS2. The lowest BCUT2D eigenvalue weighted by Gasteiger charge is -1.97. The first-order valence-corrected chi connectivity index (χ1v) is 8.56. The number of hydrogen-bond acceptors (Lipinski definition) is 4. The molecule has 0 bridgehead atoms. The van der Waals surface area contributed by atoms with Crippen molar-refractivity contribution in [3.8, 4) is 10.4 Å². The highest BCUT2D eigenvalue weighted by molar-refractivity contribution is 7.17. The van der Waals surface area contributed by atoms with Crippen LogP contribution in [0.15, 0.2) is 52.9 Å². The minimum Gasteiger partial charge on any atom is -0.266 e. The molecule has 6 heteroatoms. The maximum absolute atomic E-state index is 12.9. The fourth-order valence-electron chi connectivity index (χ4n) is 1.95. The van der Waals surface area contributed by atoms with Crippen molar-refractivity contribution in [2.45, 2.75) is 6.92 Å². The van der Waals surface area contributed by atoms with Gasteiger partial charge in [-0.15, -0.1) is 22.7 Å². The van der Waals surface area contributed by atoms with Crippen molar-refractivity contribution in [3.05, 3.63) is 69.0 Å². The Labute approximate surface area is 141 Å². The summed E-state index contributed by atoms with van der Waals surface area (Å²) >= 11 is 2.92. The van der Waals surface area contributed by atoms with Crippen molar-refractivity contribution in [2.75, 3.05) is 0 Å². The molecule has 0 aliphatic carbocycles. The summed E-state index contributed by atoms with van der Waals surface area (Å²) in [5, 5.41) is 5.97. The zero-order valence-electron chi connectivity index (χ0n) is 12.2. The SMILES string of the molecule is Cc1ccsc1/C=N\NC(=O)c1ccc(-c2ccc(F)cc2)s1. The van der Waals surface area contributed by atoms with Crippen LogP contribution in [0.3, 0.4) is 0 Å². The Balaban J connectivity index is 1.68. The largest absolute Gasteiger partial charge is 0.281 e. The minimum absolute atomic E-state index is 0.256. The molecule has 0 fully saturated rings. The number of hydrogen-bond donors (Lipinski definition) is 1. The van der Waals surface area contributed by atoms with Crippen LogP contribution < -0.4 is 5.43 Å². The van der Waals surface area contributed by atoms with Gasteiger partial charge in [-0.05, 0) is 53.8 Å². The molecule has 23 heavy (non-hydrogen) atoms. The third-order valence-corrected chi connectivity index (χ3v) is 5.29. The van der Waals surface area contributed by atoms with E-state index in [2.05, 4.69) is 10.5 Å². The Morgan fingerprint density at radius 2 is 1.96 bits per heavy atom. The second kappa shape index (κ2) is 6.85. The van der Waals surface area contributed by atoms with Crippen LogP contribution in [0.1, 0.15) is 20.1 Å². The second-order valence-corrected chi connectivity index (χ2v) is 6.87. The highest BCUT2D eigenvalue weighted by Gasteiger charge is 2.09. The van der Waals surface area contributed by atoms with Crippen molar-refractivity contribution in [2.24, 2.45) is 5.10 Å². The number of thiophene rings is 2. The van der Waals surface area contributed by atoms with Crippen molar-refractivity contribution >= 4 is 34.8 Å². The summed E-state index contributed by atoms with van der Waals surface area (Å²) in [6.45, 7) is 1.99. The van der Waals surface area contributed by atoms with Crippen LogP contribution in [0.4, 0.5) is 4.39 Å². The van der Waals surface area contributed by atoms with E-state index in [4.69, 9.17) is 0 Å². The van der Waals surface area contributed by atoms with E-state index in [1.165, 1.54) is 23.5 Å². The van der Waals surface area contributed by atoms with Crippen molar-refractivity contribution in [1.29, 1.82) is 0 Å². The van der Waals surface area contributed by atoms with Crippen molar-refractivity contribution in [1.82, 2.24) is 5.43 Å². The van der Waals surface area contributed by atoms with E-state index in [0.717, 1.165) is 20.9 Å². The van der Waals surface area contributed by atoms with Gasteiger partial charge in [0, 0.05) is 9.75 Å². The summed E-state index contributed by atoms with van der Waals surface area (Å²) < 4.78 is 12.9. The standard InChI is InChI=1S/C17H13FN2OS2/c1-11-8-9-22-16(11)10-19-20-17(21)15-7-6-14(23-15)12-2-4-13(18)5-3-12/h2-10H,1H3,(H,20,21)/b19-10-. The number of benzene rings is 1. The summed E-state index contributed by atoms with van der Waals surface area (Å²) in [6.07, 6.45) is 1.65. The monoisotopic (exact) mass is 344 g/mol. The van der Waals surface area contributed by atoms with Crippen molar-refractivity contribution < 1.29 is 9.18 Å². The van der Waals surface area contributed by atoms with E-state index in [-0.39, 0.29) is 11.7 Å². The highest BCUT2D eigenvalue weighted by Crippen LogP contribution is 2.28. The van der Waals surface area contributed by atoms with Gasteiger partial charge in [0.05, 0.1) is 11.1 Å². The van der Waals surface area contributed by atoms with E-state index < -0.39 is 0 Å². The fraction of sp³-hybridized carbons (Fsp3) is 0.0588. The zero-order valence-corrected chi connectivity index (χ0v) is 13.9. The molecular weight excluding hydrogens is 331 g/mol. The van der Waals surface area contributed by atoms with Crippen LogP contribution in [0.25, 0.3) is 10.4 Å². The van der Waals surface area contributed by atoms with Crippen LogP contribution in [0.2, 0.25) is 0 Å². The van der Waals surface area contributed by atoms with Crippen LogP contribution in [0.5, 0.6) is 0 Å². The Morgan fingerprint density at radius 3 is 2.65 bits per heavy atom. The number of nitrogens with zero attached hydrogens (tertiary/aromatic N) is 1. The van der Waals surface area contributed by atoms with E-state index in [1.807, 2.05) is 24.4 Å². The summed E-state index contributed by atoms with van der Waals surface area (Å²) in [7, 11) is 0. The minimum atomic E-state index is -0.276. The normalized spacial score (nSPS) is 11.0. The third kappa shape index (κ3) is 3.72. The zero-order chi connectivity index (χ0) is 16.2. The van der Waals surface area contributed by atoms with Crippen LogP contribution in [0, 0.1) is 12.7 Å². The van der Waals surface area contributed by atoms with Gasteiger partial charge in [0.15, 0.2) is 0 Å². The van der Waals surface area contributed by atoms with Gasteiger partial charge in [0.1, 0.15) is 5.82 Å². The second-order valence-electron chi connectivity index (χ2n) is 4.84. The predicted molar refractivity (Wildman–Crippen MR) is 93.8 cm³/mol. The number of carbonyl (C=O) groups excluding carboxylic acids is 1. The Hall–Kier alpha value is -2.31. The smallest absolute Gasteiger partial charge is 0.266 e. The summed E-state index contributed by atoms with van der Waals surface area (Å²) in [6, 6.07) is 11.8. The molecule has 1 amide bonds.